The van der Waals surface area contributed by atoms with E-state index in [0.29, 0.717) is 19.3 Å². The van der Waals surface area contributed by atoms with Crippen molar-refractivity contribution in [3.63, 3.8) is 0 Å². The average Bonchev–Trinajstić information content (AvgIpc) is 2.55. The van der Waals surface area contributed by atoms with Crippen LogP contribution in [0, 0.1) is 0 Å². The van der Waals surface area contributed by atoms with Crippen molar-refractivity contribution >= 4 is 11.8 Å². The number of hydrogen-bond donors (Lipinski definition) is 2. The lowest BCUT2D eigenvalue weighted by Crippen LogP contribution is -2.21. The second-order valence-electron chi connectivity index (χ2n) is 6.25. The first kappa shape index (κ1) is 22.8. The van der Waals surface area contributed by atoms with Gasteiger partial charge in [-0.1, -0.05) is 57.9 Å². The number of rotatable bonds is 16. The molecule has 140 valence electrons. The van der Waals surface area contributed by atoms with E-state index in [9.17, 15) is 14.7 Å². The zero-order valence-electron chi connectivity index (χ0n) is 15.2. The Morgan fingerprint density at radius 3 is 2.25 bits per heavy atom. The lowest BCUT2D eigenvalue weighted by Gasteiger charge is -2.12. The van der Waals surface area contributed by atoms with Crippen LogP contribution in [0.2, 0.25) is 0 Å². The minimum atomic E-state index is -0.747. The van der Waals surface area contributed by atoms with Crippen molar-refractivity contribution in [1.82, 2.24) is 0 Å². The van der Waals surface area contributed by atoms with Crippen LogP contribution in [-0.4, -0.2) is 41.3 Å². The lowest BCUT2D eigenvalue weighted by atomic mass is 10.0. The molecule has 0 amide bonds. The van der Waals surface area contributed by atoms with Crippen LogP contribution in [0.1, 0.15) is 77.6 Å². The van der Waals surface area contributed by atoms with Crippen molar-refractivity contribution in [1.29, 1.82) is 0 Å². The summed E-state index contributed by atoms with van der Waals surface area (Å²) in [6, 6.07) is 0. The Morgan fingerprint density at radius 2 is 1.62 bits per heavy atom. The van der Waals surface area contributed by atoms with E-state index in [1.807, 2.05) is 0 Å². The van der Waals surface area contributed by atoms with Gasteiger partial charge in [0.2, 0.25) is 0 Å². The van der Waals surface area contributed by atoms with Crippen molar-refractivity contribution in [3.8, 4) is 0 Å². The predicted molar refractivity (Wildman–Crippen MR) is 95.0 cm³/mol. The number of hydrogen-bond acceptors (Lipinski definition) is 4. The Labute approximate surface area is 146 Å². The van der Waals surface area contributed by atoms with Gasteiger partial charge in [-0.2, -0.15) is 0 Å². The maximum Gasteiger partial charge on any atom is 0.303 e. The third-order valence-corrected chi connectivity index (χ3v) is 4.04. The molecule has 2 unspecified atom stereocenters. The summed E-state index contributed by atoms with van der Waals surface area (Å²) in [5.41, 5.74) is 0. The number of aliphatic hydroxyl groups is 1. The highest BCUT2D eigenvalue weighted by Crippen LogP contribution is 2.12. The predicted octanol–water partition coefficient (Wildman–Crippen LogP) is 3.88. The van der Waals surface area contributed by atoms with Crippen LogP contribution >= 0.6 is 0 Å². The smallest absolute Gasteiger partial charge is 0.303 e. The van der Waals surface area contributed by atoms with Gasteiger partial charge in [-0.05, 0) is 25.3 Å². The van der Waals surface area contributed by atoms with Crippen LogP contribution < -0.4 is 0 Å². The number of carboxylic acids is 1. The minimum absolute atomic E-state index is 0.0991. The van der Waals surface area contributed by atoms with E-state index < -0.39 is 18.2 Å². The number of carboxylic acid groups (broad SMARTS) is 1. The van der Waals surface area contributed by atoms with Crippen molar-refractivity contribution in [3.05, 3.63) is 12.2 Å². The largest absolute Gasteiger partial charge is 0.481 e. The first-order valence-corrected chi connectivity index (χ1v) is 9.16. The highest BCUT2D eigenvalue weighted by atomic mass is 16.5. The molecule has 0 bridgehead atoms. The molecule has 2 N–H and O–H groups in total. The van der Waals surface area contributed by atoms with Crippen LogP contribution in [-0.2, 0) is 14.3 Å². The standard InChI is InChI=1S/C19H34O5/c1-3-4-8-11-16(20)14-15-17(21)18(24-2)12-9-6-5-7-10-13-19(22)23/h14-16,18,20H,3-13H2,1-2H3,(H,22,23)/b15-14+. The van der Waals surface area contributed by atoms with Gasteiger partial charge in [-0.3, -0.25) is 9.59 Å². The van der Waals surface area contributed by atoms with Crippen molar-refractivity contribution in [2.45, 2.75) is 89.8 Å². The zero-order chi connectivity index (χ0) is 18.2. The maximum absolute atomic E-state index is 12.1. The second kappa shape index (κ2) is 15.3. The highest BCUT2D eigenvalue weighted by molar-refractivity contribution is 5.93. The zero-order valence-corrected chi connectivity index (χ0v) is 15.2. The van der Waals surface area contributed by atoms with Gasteiger partial charge >= 0.3 is 5.97 Å². The second-order valence-corrected chi connectivity index (χ2v) is 6.25. The molecule has 0 aliphatic rings. The molecule has 2 atom stereocenters. The average molecular weight is 342 g/mol. The summed E-state index contributed by atoms with van der Waals surface area (Å²) in [5.74, 6) is -0.846. The summed E-state index contributed by atoms with van der Waals surface area (Å²) >= 11 is 0. The van der Waals surface area contributed by atoms with Crippen molar-refractivity contribution in [2.24, 2.45) is 0 Å². The van der Waals surface area contributed by atoms with E-state index in [4.69, 9.17) is 9.84 Å². The van der Waals surface area contributed by atoms with Gasteiger partial charge in [-0.15, -0.1) is 0 Å². The van der Waals surface area contributed by atoms with E-state index in [2.05, 4.69) is 6.92 Å². The number of carbonyl (C=O) groups is 2. The summed E-state index contributed by atoms with van der Waals surface area (Å²) in [6.45, 7) is 2.11. The van der Waals surface area contributed by atoms with E-state index in [-0.39, 0.29) is 12.2 Å². The van der Waals surface area contributed by atoms with Gasteiger partial charge < -0.3 is 14.9 Å². The Hall–Kier alpha value is -1.20. The van der Waals surface area contributed by atoms with Crippen LogP contribution in [0.4, 0.5) is 0 Å². The Morgan fingerprint density at radius 1 is 1.00 bits per heavy atom. The molecule has 0 saturated carbocycles. The van der Waals surface area contributed by atoms with Crippen LogP contribution in [0.15, 0.2) is 12.2 Å². The fourth-order valence-electron chi connectivity index (χ4n) is 2.53. The molecule has 0 aliphatic heterocycles. The molecule has 24 heavy (non-hydrogen) atoms. The molecule has 5 nitrogen and oxygen atoms in total. The SMILES string of the molecule is CCCCCC(O)/C=C/C(=O)C(CCCCCCCC(=O)O)OC. The normalized spacial score (nSPS) is 14.0. The van der Waals surface area contributed by atoms with Crippen molar-refractivity contribution in [2.75, 3.05) is 7.11 Å². The molecule has 0 fully saturated rings. The molecule has 0 heterocycles. The van der Waals surface area contributed by atoms with Crippen molar-refractivity contribution < 1.29 is 24.5 Å². The number of carbonyl (C=O) groups excluding carboxylic acids is 1. The first-order chi connectivity index (χ1) is 11.5. The number of unbranched alkanes of at least 4 members (excludes halogenated alkanes) is 6. The van der Waals surface area contributed by atoms with E-state index in [1.165, 1.54) is 13.2 Å². The van der Waals surface area contributed by atoms with E-state index >= 15 is 0 Å². The molecule has 0 saturated heterocycles. The molecule has 0 rings (SSSR count). The third-order valence-electron chi connectivity index (χ3n) is 4.04. The highest BCUT2D eigenvalue weighted by Gasteiger charge is 2.14. The van der Waals surface area contributed by atoms with Gasteiger partial charge in [-0.25, -0.2) is 0 Å². The van der Waals surface area contributed by atoms with E-state index in [0.717, 1.165) is 44.9 Å². The molecular formula is C19H34O5. The Bertz CT molecular complexity index is 365. The van der Waals surface area contributed by atoms with E-state index in [1.54, 1.807) is 6.08 Å². The lowest BCUT2D eigenvalue weighted by molar-refractivity contribution is -0.137. The van der Waals surface area contributed by atoms with Gasteiger partial charge in [0.25, 0.3) is 0 Å². The summed E-state index contributed by atoms with van der Waals surface area (Å²) in [4.78, 5) is 22.5. The Balaban J connectivity index is 3.89. The number of aliphatic carboxylic acids is 1. The molecule has 0 aliphatic carbocycles. The maximum atomic E-state index is 12.1. The summed E-state index contributed by atoms with van der Waals surface area (Å²) < 4.78 is 5.24. The fourth-order valence-corrected chi connectivity index (χ4v) is 2.53. The number of methoxy groups -OCH3 is 1. The number of aliphatic hydroxyl groups excluding tert-OH is 1. The van der Waals surface area contributed by atoms with Gasteiger partial charge in [0, 0.05) is 13.5 Å². The minimum Gasteiger partial charge on any atom is -0.481 e. The number of ketones is 1. The summed E-state index contributed by atoms with van der Waals surface area (Å²) in [7, 11) is 1.53. The molecule has 0 spiro atoms. The summed E-state index contributed by atoms with van der Waals surface area (Å²) in [5, 5.41) is 18.3. The monoisotopic (exact) mass is 342 g/mol. The van der Waals surface area contributed by atoms with Crippen LogP contribution in [0.5, 0.6) is 0 Å². The quantitative estimate of drug-likeness (QED) is 0.328. The van der Waals surface area contributed by atoms with Crippen LogP contribution in [0.25, 0.3) is 0 Å². The molecule has 0 radical (unpaired) electrons. The topological polar surface area (TPSA) is 83.8 Å². The van der Waals surface area contributed by atoms with Crippen LogP contribution in [0.3, 0.4) is 0 Å². The van der Waals surface area contributed by atoms with Gasteiger partial charge in [0.15, 0.2) is 5.78 Å². The van der Waals surface area contributed by atoms with Gasteiger partial charge in [0.05, 0.1) is 6.10 Å². The molecule has 5 heteroatoms. The summed E-state index contributed by atoms with van der Waals surface area (Å²) in [6.07, 6.45) is 11.2. The molecular weight excluding hydrogens is 308 g/mol. The van der Waals surface area contributed by atoms with Gasteiger partial charge in [0.1, 0.15) is 6.10 Å². The molecule has 0 aromatic rings. The molecule has 0 aromatic heterocycles. The first-order valence-electron chi connectivity index (χ1n) is 9.16. The Kier molecular flexibility index (Phi) is 14.6. The third kappa shape index (κ3) is 13.3. The molecule has 0 aromatic carbocycles. The fraction of sp³-hybridized carbons (Fsp3) is 0.789. The number of ether oxygens (including phenoxy) is 1.